The number of ether oxygens (including phenoxy) is 3. The van der Waals surface area contributed by atoms with E-state index in [1.54, 1.807) is 37.4 Å². The Labute approximate surface area is 141 Å². The predicted octanol–water partition coefficient (Wildman–Crippen LogP) is 1.70. The van der Waals surface area contributed by atoms with Crippen LogP contribution in [0.1, 0.15) is 16.8 Å². The van der Waals surface area contributed by atoms with E-state index in [1.807, 2.05) is 11.8 Å². The third-order valence-electron chi connectivity index (χ3n) is 3.59. The van der Waals surface area contributed by atoms with E-state index in [0.29, 0.717) is 37.7 Å². The van der Waals surface area contributed by atoms with Crippen molar-refractivity contribution >= 4 is 17.7 Å². The maximum atomic E-state index is 12.8. The number of amides is 1. The van der Waals surface area contributed by atoms with Crippen molar-refractivity contribution in [3.8, 4) is 5.88 Å². The van der Waals surface area contributed by atoms with Gasteiger partial charge < -0.3 is 19.1 Å². The number of thioether (sulfide) groups is 1. The molecular weight excluding hydrogens is 316 g/mol. The third-order valence-corrected chi connectivity index (χ3v) is 4.72. The van der Waals surface area contributed by atoms with Crippen LogP contribution < -0.4 is 4.74 Å². The van der Waals surface area contributed by atoms with Crippen LogP contribution in [0, 0.1) is 0 Å². The fraction of sp³-hybridized carbons (Fsp3) is 0.625. The molecule has 1 aromatic rings. The molecular formula is C16H24N2O4S. The Morgan fingerprint density at radius 2 is 2.09 bits per heavy atom. The Kier molecular flexibility index (Phi) is 7.64. The Morgan fingerprint density at radius 3 is 2.70 bits per heavy atom. The molecule has 1 saturated heterocycles. The van der Waals surface area contributed by atoms with Crippen LogP contribution >= 0.6 is 11.8 Å². The minimum absolute atomic E-state index is 0.104. The summed E-state index contributed by atoms with van der Waals surface area (Å²) in [5.41, 5.74) is 0.497. The summed E-state index contributed by atoms with van der Waals surface area (Å²) >= 11 is 1.86. The number of methoxy groups -OCH3 is 2. The fourth-order valence-electron chi connectivity index (χ4n) is 2.30. The third kappa shape index (κ3) is 5.37. The molecule has 0 saturated carbocycles. The first-order valence-electron chi connectivity index (χ1n) is 7.72. The van der Waals surface area contributed by atoms with Gasteiger partial charge in [0.15, 0.2) is 0 Å². The fourth-order valence-corrected chi connectivity index (χ4v) is 3.39. The molecule has 7 heteroatoms. The summed E-state index contributed by atoms with van der Waals surface area (Å²) in [6, 6.07) is 3.52. The first kappa shape index (κ1) is 18.0. The van der Waals surface area contributed by atoms with Crippen molar-refractivity contribution in [1.82, 2.24) is 9.88 Å². The highest BCUT2D eigenvalue weighted by atomic mass is 32.2. The first-order valence-corrected chi connectivity index (χ1v) is 8.88. The number of rotatable bonds is 9. The zero-order valence-corrected chi connectivity index (χ0v) is 14.5. The Balaban J connectivity index is 2.11. The van der Waals surface area contributed by atoms with Gasteiger partial charge in [0.25, 0.3) is 5.91 Å². The Hall–Kier alpha value is -1.31. The van der Waals surface area contributed by atoms with E-state index >= 15 is 0 Å². The van der Waals surface area contributed by atoms with Gasteiger partial charge in [0.1, 0.15) is 11.7 Å². The average Bonchev–Trinajstić information content (AvgIpc) is 3.08. The maximum absolute atomic E-state index is 12.8. The zero-order valence-electron chi connectivity index (χ0n) is 13.7. The van der Waals surface area contributed by atoms with Crippen LogP contribution in [0.3, 0.4) is 0 Å². The number of hydrogen-bond donors (Lipinski definition) is 0. The molecule has 0 spiro atoms. The van der Waals surface area contributed by atoms with Crippen molar-refractivity contribution in [2.45, 2.75) is 12.5 Å². The first-order chi connectivity index (χ1) is 11.3. The van der Waals surface area contributed by atoms with Gasteiger partial charge in [-0.15, -0.1) is 0 Å². The highest BCUT2D eigenvalue weighted by Gasteiger charge is 2.24. The van der Waals surface area contributed by atoms with E-state index in [1.165, 1.54) is 0 Å². The molecule has 0 aromatic carbocycles. The smallest absolute Gasteiger partial charge is 0.259 e. The van der Waals surface area contributed by atoms with Crippen molar-refractivity contribution in [2.75, 3.05) is 52.0 Å². The largest absolute Gasteiger partial charge is 0.473 e. The summed E-state index contributed by atoms with van der Waals surface area (Å²) in [4.78, 5) is 18.8. The molecule has 1 unspecified atom stereocenters. The molecule has 1 amide bonds. The highest BCUT2D eigenvalue weighted by molar-refractivity contribution is 7.99. The molecule has 6 nitrogen and oxygen atoms in total. The monoisotopic (exact) mass is 340 g/mol. The predicted molar refractivity (Wildman–Crippen MR) is 90.3 cm³/mol. The van der Waals surface area contributed by atoms with Crippen molar-refractivity contribution in [3.63, 3.8) is 0 Å². The summed E-state index contributed by atoms with van der Waals surface area (Å²) < 4.78 is 16.1. The summed E-state index contributed by atoms with van der Waals surface area (Å²) in [5.74, 6) is 2.35. The van der Waals surface area contributed by atoms with Crippen molar-refractivity contribution in [2.24, 2.45) is 0 Å². The van der Waals surface area contributed by atoms with Gasteiger partial charge in [-0.2, -0.15) is 11.8 Å². The highest BCUT2D eigenvalue weighted by Crippen LogP contribution is 2.24. The molecule has 2 heterocycles. The van der Waals surface area contributed by atoms with E-state index in [9.17, 15) is 4.79 Å². The molecule has 0 aliphatic carbocycles. The Bertz CT molecular complexity index is 487. The molecule has 23 heavy (non-hydrogen) atoms. The van der Waals surface area contributed by atoms with Gasteiger partial charge in [-0.3, -0.25) is 4.79 Å². The molecule has 1 fully saturated rings. The van der Waals surface area contributed by atoms with E-state index < -0.39 is 0 Å². The Morgan fingerprint density at radius 1 is 1.35 bits per heavy atom. The van der Waals surface area contributed by atoms with Gasteiger partial charge >= 0.3 is 0 Å². The van der Waals surface area contributed by atoms with Gasteiger partial charge in [-0.25, -0.2) is 4.98 Å². The van der Waals surface area contributed by atoms with Gasteiger partial charge in [0, 0.05) is 39.3 Å². The van der Waals surface area contributed by atoms with E-state index in [-0.39, 0.29) is 12.0 Å². The van der Waals surface area contributed by atoms with Crippen LogP contribution in [0.25, 0.3) is 0 Å². The maximum Gasteiger partial charge on any atom is 0.259 e. The van der Waals surface area contributed by atoms with Crippen LogP contribution in [0.15, 0.2) is 18.3 Å². The second kappa shape index (κ2) is 9.75. The van der Waals surface area contributed by atoms with E-state index in [4.69, 9.17) is 14.2 Å². The van der Waals surface area contributed by atoms with Crippen LogP contribution in [0.5, 0.6) is 5.88 Å². The molecule has 2 rings (SSSR count). The van der Waals surface area contributed by atoms with Crippen LogP contribution in [0.4, 0.5) is 0 Å². The lowest BCUT2D eigenvalue weighted by Crippen LogP contribution is -2.37. The zero-order chi connectivity index (χ0) is 16.5. The molecule has 1 aliphatic rings. The lowest BCUT2D eigenvalue weighted by Gasteiger charge is -2.23. The van der Waals surface area contributed by atoms with Crippen LogP contribution in [0.2, 0.25) is 0 Å². The number of carbonyl (C=O) groups is 1. The quantitative estimate of drug-likeness (QED) is 0.682. The molecule has 0 bridgehead atoms. The number of nitrogens with zero attached hydrogens (tertiary/aromatic N) is 2. The molecule has 0 radical (unpaired) electrons. The topological polar surface area (TPSA) is 60.9 Å². The van der Waals surface area contributed by atoms with Crippen molar-refractivity contribution < 1.29 is 19.0 Å². The lowest BCUT2D eigenvalue weighted by atomic mass is 10.2. The number of aromatic nitrogens is 1. The van der Waals surface area contributed by atoms with Gasteiger partial charge in [-0.1, -0.05) is 0 Å². The second-order valence-corrected chi connectivity index (χ2v) is 6.39. The standard InChI is InChI=1S/C16H24N2O4S/c1-20-9-7-18(8-10-21-2)16(19)14-4-3-6-17-15(14)22-13-5-11-23-12-13/h3-4,6,13H,5,7-12H2,1-2H3. The lowest BCUT2D eigenvalue weighted by molar-refractivity contribution is 0.0620. The molecule has 1 atom stereocenters. The minimum atomic E-state index is -0.104. The van der Waals surface area contributed by atoms with Crippen LogP contribution in [-0.2, 0) is 9.47 Å². The summed E-state index contributed by atoms with van der Waals surface area (Å²) in [7, 11) is 3.24. The van der Waals surface area contributed by atoms with E-state index in [2.05, 4.69) is 4.98 Å². The molecule has 0 N–H and O–H groups in total. The van der Waals surface area contributed by atoms with Gasteiger partial charge in [0.2, 0.25) is 5.88 Å². The second-order valence-electron chi connectivity index (χ2n) is 5.24. The van der Waals surface area contributed by atoms with Crippen LogP contribution in [-0.4, -0.2) is 73.9 Å². The van der Waals surface area contributed by atoms with Gasteiger partial charge in [0.05, 0.1) is 13.2 Å². The average molecular weight is 340 g/mol. The molecule has 128 valence electrons. The van der Waals surface area contributed by atoms with E-state index in [0.717, 1.165) is 17.9 Å². The summed E-state index contributed by atoms with van der Waals surface area (Å²) in [6.45, 7) is 1.97. The van der Waals surface area contributed by atoms with Crippen molar-refractivity contribution in [1.29, 1.82) is 0 Å². The number of hydrogen-bond acceptors (Lipinski definition) is 6. The normalized spacial score (nSPS) is 17.2. The number of carbonyl (C=O) groups excluding carboxylic acids is 1. The summed E-state index contributed by atoms with van der Waals surface area (Å²) in [5, 5.41) is 0. The molecule has 1 aromatic heterocycles. The minimum Gasteiger partial charge on any atom is -0.473 e. The van der Waals surface area contributed by atoms with Gasteiger partial charge in [-0.05, 0) is 24.3 Å². The number of pyridine rings is 1. The summed E-state index contributed by atoms with van der Waals surface area (Å²) in [6.07, 6.45) is 2.78. The molecule has 1 aliphatic heterocycles. The van der Waals surface area contributed by atoms with Crippen molar-refractivity contribution in [3.05, 3.63) is 23.9 Å². The SMILES string of the molecule is COCCN(CCOC)C(=O)c1cccnc1OC1CCSC1.